The van der Waals surface area contributed by atoms with E-state index in [4.69, 9.17) is 9.47 Å². The molecule has 2 aromatic carbocycles. The number of rotatable bonds is 4. The van der Waals surface area contributed by atoms with Crippen molar-refractivity contribution in [3.05, 3.63) is 88.9 Å². The highest BCUT2D eigenvalue weighted by molar-refractivity contribution is 5.65. The van der Waals surface area contributed by atoms with E-state index in [1.807, 2.05) is 42.5 Å². The molecule has 1 atom stereocenters. The third-order valence-electron chi connectivity index (χ3n) is 5.70. The lowest BCUT2D eigenvalue weighted by Gasteiger charge is -2.30. The predicted octanol–water partition coefficient (Wildman–Crippen LogP) is 7.44. The van der Waals surface area contributed by atoms with Crippen molar-refractivity contribution in [2.75, 3.05) is 7.11 Å². The molecule has 3 rings (SSSR count). The van der Waals surface area contributed by atoms with E-state index in [1.165, 1.54) is 0 Å². The Morgan fingerprint density at radius 3 is 2.06 bits per heavy atom. The monoisotopic (exact) mass is 418 g/mol. The molecule has 0 aliphatic heterocycles. The van der Waals surface area contributed by atoms with E-state index < -0.39 is 0 Å². The van der Waals surface area contributed by atoms with Crippen molar-refractivity contribution < 1.29 is 14.6 Å². The van der Waals surface area contributed by atoms with E-state index in [0.717, 1.165) is 28.0 Å². The molecule has 0 fully saturated rings. The molecular weight excluding hydrogens is 384 g/mol. The van der Waals surface area contributed by atoms with Crippen LogP contribution in [0.15, 0.2) is 66.6 Å². The lowest BCUT2D eigenvalue weighted by molar-refractivity contribution is 0.196. The third kappa shape index (κ3) is 4.56. The molecule has 1 aliphatic rings. The van der Waals surface area contributed by atoms with Crippen LogP contribution in [0.4, 0.5) is 0 Å². The van der Waals surface area contributed by atoms with Gasteiger partial charge in [-0.05, 0) is 34.1 Å². The lowest BCUT2D eigenvalue weighted by Crippen LogP contribution is -2.20. The Morgan fingerprint density at radius 2 is 1.55 bits per heavy atom. The molecule has 0 amide bonds. The Hall–Kier alpha value is -2.94. The molecule has 0 heterocycles. The van der Waals surface area contributed by atoms with Crippen LogP contribution in [0.2, 0.25) is 0 Å². The summed E-state index contributed by atoms with van der Waals surface area (Å²) >= 11 is 0. The second-order valence-electron chi connectivity index (χ2n) is 10.1. The fourth-order valence-corrected chi connectivity index (χ4v) is 3.95. The van der Waals surface area contributed by atoms with Gasteiger partial charge in [-0.25, -0.2) is 0 Å². The highest BCUT2D eigenvalue weighted by Gasteiger charge is 2.30. The minimum absolute atomic E-state index is 0.100. The fraction of sp³-hybridized carbons (Fsp3) is 0.357. The molecule has 3 heteroatoms. The van der Waals surface area contributed by atoms with E-state index in [-0.39, 0.29) is 22.7 Å². The van der Waals surface area contributed by atoms with E-state index in [2.05, 4.69) is 60.3 Å². The summed E-state index contributed by atoms with van der Waals surface area (Å²) in [5.41, 5.74) is 4.48. The standard InChI is InChI=1S/C28H34O3/c1-9-20-21-13-11-10-12-18(21)14-15-22(20)26(29)31-25-23(27(2,3)4)16-19(30-8)17-24(25)28(5,6)7/h9-17,20,29H,1H2,2-8H3/b26-22-/t20-/m1/s1. The van der Waals surface area contributed by atoms with Gasteiger partial charge in [0.15, 0.2) is 0 Å². The van der Waals surface area contributed by atoms with Gasteiger partial charge in [0, 0.05) is 22.6 Å². The first kappa shape index (κ1) is 22.7. The topological polar surface area (TPSA) is 38.7 Å². The summed E-state index contributed by atoms with van der Waals surface area (Å²) < 4.78 is 11.9. The van der Waals surface area contributed by atoms with Gasteiger partial charge in [0.1, 0.15) is 11.5 Å². The summed E-state index contributed by atoms with van der Waals surface area (Å²) in [7, 11) is 1.67. The van der Waals surface area contributed by atoms with E-state index in [0.29, 0.717) is 11.3 Å². The first-order valence-electron chi connectivity index (χ1n) is 10.7. The van der Waals surface area contributed by atoms with Gasteiger partial charge < -0.3 is 14.6 Å². The first-order valence-corrected chi connectivity index (χ1v) is 10.7. The van der Waals surface area contributed by atoms with Crippen LogP contribution in [0, 0.1) is 0 Å². The summed E-state index contributed by atoms with van der Waals surface area (Å²) in [4.78, 5) is 0. The lowest BCUT2D eigenvalue weighted by atomic mass is 9.79. The van der Waals surface area contributed by atoms with E-state index in [9.17, 15) is 5.11 Å². The molecule has 0 radical (unpaired) electrons. The molecule has 0 spiro atoms. The summed E-state index contributed by atoms with van der Waals surface area (Å²) in [5.74, 6) is 1.22. The Labute approximate surface area is 186 Å². The number of fused-ring (bicyclic) bond motifs is 1. The van der Waals surface area contributed by atoms with Gasteiger partial charge in [0.05, 0.1) is 7.11 Å². The minimum Gasteiger partial charge on any atom is -0.497 e. The summed E-state index contributed by atoms with van der Waals surface area (Å²) in [6.45, 7) is 16.8. The number of methoxy groups -OCH3 is 1. The van der Waals surface area contributed by atoms with Crippen LogP contribution in [0.25, 0.3) is 6.08 Å². The van der Waals surface area contributed by atoms with Gasteiger partial charge in [-0.15, -0.1) is 6.58 Å². The number of benzene rings is 2. The molecule has 1 aliphatic carbocycles. The van der Waals surface area contributed by atoms with Crippen molar-refractivity contribution in [2.24, 2.45) is 0 Å². The molecule has 1 N–H and O–H groups in total. The van der Waals surface area contributed by atoms with Crippen LogP contribution in [0.5, 0.6) is 11.5 Å². The molecule has 0 bridgehead atoms. The van der Waals surface area contributed by atoms with Crippen molar-refractivity contribution in [2.45, 2.75) is 58.3 Å². The Bertz CT molecular complexity index is 1010. The molecule has 0 aromatic heterocycles. The number of aliphatic hydroxyl groups excluding tert-OH is 1. The summed E-state index contributed by atoms with van der Waals surface area (Å²) in [5, 5.41) is 11.2. The third-order valence-corrected chi connectivity index (χ3v) is 5.70. The maximum atomic E-state index is 11.2. The molecule has 0 saturated carbocycles. The van der Waals surface area contributed by atoms with Crippen LogP contribution < -0.4 is 9.47 Å². The van der Waals surface area contributed by atoms with Crippen LogP contribution in [0.1, 0.15) is 69.7 Å². The van der Waals surface area contributed by atoms with Crippen molar-refractivity contribution in [3.63, 3.8) is 0 Å². The first-order chi connectivity index (χ1) is 14.5. The van der Waals surface area contributed by atoms with Gasteiger partial charge in [-0.1, -0.05) is 84.0 Å². The van der Waals surface area contributed by atoms with Gasteiger partial charge in [-0.3, -0.25) is 0 Å². The van der Waals surface area contributed by atoms with Crippen LogP contribution >= 0.6 is 0 Å². The van der Waals surface area contributed by atoms with Crippen molar-refractivity contribution in [1.82, 2.24) is 0 Å². The normalized spacial score (nSPS) is 17.7. The number of ether oxygens (including phenoxy) is 2. The maximum Gasteiger partial charge on any atom is 0.286 e. The number of allylic oxidation sites excluding steroid dienone is 3. The summed E-state index contributed by atoms with van der Waals surface area (Å²) in [6, 6.07) is 12.1. The average Bonchev–Trinajstić information content (AvgIpc) is 2.71. The fourth-order valence-electron chi connectivity index (χ4n) is 3.95. The molecule has 31 heavy (non-hydrogen) atoms. The van der Waals surface area contributed by atoms with Crippen molar-refractivity contribution >= 4 is 6.08 Å². The molecule has 0 unspecified atom stereocenters. The second kappa shape index (κ2) is 8.30. The predicted molar refractivity (Wildman–Crippen MR) is 129 cm³/mol. The zero-order chi connectivity index (χ0) is 23.0. The maximum absolute atomic E-state index is 11.2. The molecule has 0 saturated heterocycles. The summed E-state index contributed by atoms with van der Waals surface area (Å²) in [6.07, 6.45) is 5.77. The smallest absolute Gasteiger partial charge is 0.286 e. The number of aliphatic hydroxyl groups is 1. The number of hydrogen-bond acceptors (Lipinski definition) is 3. The molecule has 164 valence electrons. The van der Waals surface area contributed by atoms with Gasteiger partial charge in [0.25, 0.3) is 5.95 Å². The molecule has 2 aromatic rings. The Kier molecular flexibility index (Phi) is 6.09. The van der Waals surface area contributed by atoms with Crippen molar-refractivity contribution in [3.8, 4) is 11.5 Å². The minimum atomic E-state index is -0.207. The van der Waals surface area contributed by atoms with Crippen molar-refractivity contribution in [1.29, 1.82) is 0 Å². The zero-order valence-corrected chi connectivity index (χ0v) is 19.7. The highest BCUT2D eigenvalue weighted by atomic mass is 16.6. The number of hydrogen-bond donors (Lipinski definition) is 1. The second-order valence-corrected chi connectivity index (χ2v) is 10.1. The van der Waals surface area contributed by atoms with Crippen LogP contribution in [-0.2, 0) is 10.8 Å². The van der Waals surface area contributed by atoms with Gasteiger partial charge in [0.2, 0.25) is 0 Å². The average molecular weight is 419 g/mol. The highest BCUT2D eigenvalue weighted by Crippen LogP contribution is 2.44. The zero-order valence-electron chi connectivity index (χ0n) is 19.7. The molecule has 3 nitrogen and oxygen atoms in total. The SMILES string of the molecule is C=C[C@H]1/C(=C(/O)Oc2c(C(C)(C)C)cc(OC)cc2C(C)(C)C)C=Cc2ccccc21. The quantitative estimate of drug-likeness (QED) is 0.414. The van der Waals surface area contributed by atoms with Gasteiger partial charge >= 0.3 is 0 Å². The van der Waals surface area contributed by atoms with Crippen LogP contribution in [-0.4, -0.2) is 12.2 Å². The molecular formula is C28H34O3. The largest absolute Gasteiger partial charge is 0.497 e. The Balaban J connectivity index is 2.19. The van der Waals surface area contributed by atoms with Crippen LogP contribution in [0.3, 0.4) is 0 Å². The van der Waals surface area contributed by atoms with E-state index in [1.54, 1.807) is 7.11 Å². The van der Waals surface area contributed by atoms with E-state index >= 15 is 0 Å². The Morgan fingerprint density at radius 1 is 0.968 bits per heavy atom. The van der Waals surface area contributed by atoms with Gasteiger partial charge in [-0.2, -0.15) is 0 Å².